The van der Waals surface area contributed by atoms with Crippen molar-refractivity contribution in [1.82, 2.24) is 8.01 Å². The third-order valence-electron chi connectivity index (χ3n) is 2.49. The van der Waals surface area contributed by atoms with E-state index >= 15 is 0 Å². The molecule has 0 radical (unpaired) electrons. The van der Waals surface area contributed by atoms with Crippen molar-refractivity contribution >= 4 is 28.8 Å². The van der Waals surface area contributed by atoms with Crippen molar-refractivity contribution in [3.05, 3.63) is 12.2 Å². The summed E-state index contributed by atoms with van der Waals surface area (Å²) in [5, 5.41) is 8.36. The first-order chi connectivity index (χ1) is 7.06. The van der Waals surface area contributed by atoms with E-state index in [4.69, 9.17) is 5.26 Å². The van der Waals surface area contributed by atoms with E-state index in [1.54, 1.807) is 0 Å². The van der Waals surface area contributed by atoms with Crippen LogP contribution in [-0.2, 0) is 4.79 Å². The molecule has 1 rings (SSSR count). The summed E-state index contributed by atoms with van der Waals surface area (Å²) < 4.78 is 2.21. The molecule has 1 fully saturated rings. The molecule has 0 N–H and O–H groups in total. The van der Waals surface area contributed by atoms with Gasteiger partial charge in [-0.1, -0.05) is 0 Å². The highest BCUT2D eigenvalue weighted by atomic mass is 127. The predicted octanol–water partition coefficient (Wildman–Crippen LogP) is 1.34. The maximum Gasteiger partial charge on any atom is 0.247 e. The number of nitrogens with zero attached hydrogens (tertiary/aromatic N) is 3. The zero-order chi connectivity index (χ0) is 11.4. The van der Waals surface area contributed by atoms with E-state index in [1.165, 1.54) is 12.2 Å². The molecule has 0 bridgehead atoms. The van der Waals surface area contributed by atoms with Crippen LogP contribution < -0.4 is 0 Å². The first-order valence-corrected chi connectivity index (χ1v) is 5.82. The van der Waals surface area contributed by atoms with Crippen LogP contribution in [0.4, 0.5) is 0 Å². The average Bonchev–Trinajstić information content (AvgIpc) is 2.20. The molecule has 5 heteroatoms. The SMILES string of the molecule is CC1CN(C(=O)/C=C/C#N)C(C)CN1I. The maximum atomic E-state index is 11.7. The Kier molecular flexibility index (Phi) is 4.54. The average molecular weight is 319 g/mol. The molecule has 0 aromatic carbocycles. The highest BCUT2D eigenvalue weighted by Gasteiger charge is 2.29. The molecule has 1 saturated heterocycles. The van der Waals surface area contributed by atoms with Crippen LogP contribution in [0.2, 0.25) is 0 Å². The van der Waals surface area contributed by atoms with Crippen molar-refractivity contribution in [1.29, 1.82) is 5.26 Å². The highest BCUT2D eigenvalue weighted by Crippen LogP contribution is 2.18. The summed E-state index contributed by atoms with van der Waals surface area (Å²) in [6, 6.07) is 2.40. The number of hydrogen-bond donors (Lipinski definition) is 0. The van der Waals surface area contributed by atoms with Gasteiger partial charge in [0, 0.05) is 60.2 Å². The molecular weight excluding hydrogens is 305 g/mol. The van der Waals surface area contributed by atoms with Gasteiger partial charge in [0.15, 0.2) is 0 Å². The van der Waals surface area contributed by atoms with Crippen molar-refractivity contribution in [3.8, 4) is 6.07 Å². The van der Waals surface area contributed by atoms with Gasteiger partial charge in [0.1, 0.15) is 0 Å². The smallest absolute Gasteiger partial charge is 0.247 e. The third-order valence-corrected chi connectivity index (χ3v) is 3.84. The molecule has 0 saturated carbocycles. The Labute approximate surface area is 104 Å². The quantitative estimate of drug-likeness (QED) is 0.317. The number of rotatable bonds is 1. The Bertz CT molecular complexity index is 310. The molecule has 1 amide bonds. The van der Waals surface area contributed by atoms with Gasteiger partial charge in [0.05, 0.1) is 6.07 Å². The standard InChI is InChI=1S/C10H14IN3O/c1-8-7-14(11)9(2)6-13(8)10(15)4-3-5-12/h3-4,8-9H,6-7H2,1-2H3/b4-3+. The topological polar surface area (TPSA) is 47.3 Å². The minimum absolute atomic E-state index is 0.0691. The largest absolute Gasteiger partial charge is 0.334 e. The van der Waals surface area contributed by atoms with E-state index in [9.17, 15) is 4.79 Å². The van der Waals surface area contributed by atoms with Gasteiger partial charge >= 0.3 is 0 Å². The van der Waals surface area contributed by atoms with Crippen LogP contribution in [-0.4, -0.2) is 39.1 Å². The summed E-state index contributed by atoms with van der Waals surface area (Å²) in [5.41, 5.74) is 0. The number of amides is 1. The summed E-state index contributed by atoms with van der Waals surface area (Å²) in [7, 11) is 0. The molecule has 0 aromatic rings. The Hall–Kier alpha value is -0.610. The van der Waals surface area contributed by atoms with E-state index in [0.29, 0.717) is 6.04 Å². The third kappa shape index (κ3) is 3.18. The van der Waals surface area contributed by atoms with Crippen molar-refractivity contribution in [2.45, 2.75) is 25.9 Å². The van der Waals surface area contributed by atoms with Crippen LogP contribution >= 0.6 is 22.9 Å². The number of hydrogen-bond acceptors (Lipinski definition) is 3. The van der Waals surface area contributed by atoms with E-state index < -0.39 is 0 Å². The molecule has 2 atom stereocenters. The minimum Gasteiger partial charge on any atom is -0.334 e. The first kappa shape index (κ1) is 12.5. The van der Waals surface area contributed by atoms with Crippen LogP contribution in [0.1, 0.15) is 13.8 Å². The first-order valence-electron chi connectivity index (χ1n) is 4.85. The fourth-order valence-corrected chi connectivity index (χ4v) is 2.34. The molecule has 0 aliphatic carbocycles. The summed E-state index contributed by atoms with van der Waals surface area (Å²) in [4.78, 5) is 13.5. The van der Waals surface area contributed by atoms with Crippen LogP contribution in [0.5, 0.6) is 0 Å². The highest BCUT2D eigenvalue weighted by molar-refractivity contribution is 14.1. The molecule has 82 valence electrons. The lowest BCUT2D eigenvalue weighted by molar-refractivity contribution is -0.130. The molecule has 0 spiro atoms. The van der Waals surface area contributed by atoms with Gasteiger partial charge < -0.3 is 4.90 Å². The molecule has 4 nitrogen and oxygen atoms in total. The molecule has 1 aliphatic heterocycles. The number of carbonyl (C=O) groups is 1. The molecule has 2 unspecified atom stereocenters. The Morgan fingerprint density at radius 1 is 1.47 bits per heavy atom. The predicted molar refractivity (Wildman–Crippen MR) is 66.1 cm³/mol. The zero-order valence-corrected chi connectivity index (χ0v) is 11.0. The Morgan fingerprint density at radius 3 is 2.73 bits per heavy atom. The van der Waals surface area contributed by atoms with Crippen LogP contribution in [0, 0.1) is 11.3 Å². The van der Waals surface area contributed by atoms with Crippen molar-refractivity contribution in [2.75, 3.05) is 13.1 Å². The van der Waals surface area contributed by atoms with Gasteiger partial charge in [-0.25, -0.2) is 3.11 Å². The van der Waals surface area contributed by atoms with Crippen LogP contribution in [0.3, 0.4) is 0 Å². The lowest BCUT2D eigenvalue weighted by Gasteiger charge is -2.40. The zero-order valence-electron chi connectivity index (χ0n) is 8.85. The molecule has 1 aliphatic rings. The molecule has 0 aromatic heterocycles. The van der Waals surface area contributed by atoms with E-state index in [2.05, 4.69) is 32.9 Å². The fourth-order valence-electron chi connectivity index (χ4n) is 1.60. The summed E-state index contributed by atoms with van der Waals surface area (Å²) in [5.74, 6) is -0.0691. The maximum absolute atomic E-state index is 11.7. The minimum atomic E-state index is -0.0691. The van der Waals surface area contributed by atoms with Crippen LogP contribution in [0.15, 0.2) is 12.2 Å². The van der Waals surface area contributed by atoms with E-state index in [-0.39, 0.29) is 11.9 Å². The van der Waals surface area contributed by atoms with Gasteiger partial charge in [0.25, 0.3) is 0 Å². The van der Waals surface area contributed by atoms with Crippen molar-refractivity contribution in [3.63, 3.8) is 0 Å². The summed E-state index contributed by atoms with van der Waals surface area (Å²) in [6.45, 7) is 5.70. The fraction of sp³-hybridized carbons (Fsp3) is 0.600. The molecule has 15 heavy (non-hydrogen) atoms. The van der Waals surface area contributed by atoms with Crippen LogP contribution in [0.25, 0.3) is 0 Å². The number of nitriles is 1. The number of carbonyl (C=O) groups excluding carboxylic acids is 1. The van der Waals surface area contributed by atoms with Gasteiger partial charge in [-0.2, -0.15) is 5.26 Å². The Morgan fingerprint density at radius 2 is 2.13 bits per heavy atom. The van der Waals surface area contributed by atoms with E-state index in [0.717, 1.165) is 13.1 Å². The number of halogens is 1. The Balaban J connectivity index is 2.66. The van der Waals surface area contributed by atoms with Gasteiger partial charge in [0.2, 0.25) is 5.91 Å². The molecule has 1 heterocycles. The second kappa shape index (κ2) is 5.47. The lowest BCUT2D eigenvalue weighted by atomic mass is 10.1. The monoisotopic (exact) mass is 319 g/mol. The van der Waals surface area contributed by atoms with E-state index in [1.807, 2.05) is 17.9 Å². The van der Waals surface area contributed by atoms with Crippen molar-refractivity contribution < 1.29 is 4.79 Å². The number of piperazine rings is 1. The molecular formula is C10H14IN3O. The number of allylic oxidation sites excluding steroid dienone is 1. The van der Waals surface area contributed by atoms with Crippen molar-refractivity contribution in [2.24, 2.45) is 0 Å². The van der Waals surface area contributed by atoms with Gasteiger partial charge in [-0.3, -0.25) is 4.79 Å². The second-order valence-corrected chi connectivity index (χ2v) is 4.97. The van der Waals surface area contributed by atoms with Gasteiger partial charge in [-0.15, -0.1) is 0 Å². The lowest BCUT2D eigenvalue weighted by Crippen LogP contribution is -2.54. The summed E-state index contributed by atoms with van der Waals surface area (Å²) in [6.07, 6.45) is 2.57. The second-order valence-electron chi connectivity index (χ2n) is 3.73. The summed E-state index contributed by atoms with van der Waals surface area (Å²) >= 11 is 2.29. The van der Waals surface area contributed by atoms with Gasteiger partial charge in [-0.05, 0) is 13.8 Å². The normalized spacial score (nSPS) is 28.0.